The van der Waals surface area contributed by atoms with Gasteiger partial charge in [0.2, 0.25) is 0 Å². The van der Waals surface area contributed by atoms with Gasteiger partial charge in [0.25, 0.3) is 5.89 Å². The monoisotopic (exact) mass is 285 g/mol. The molecule has 0 spiro atoms. The molecule has 3 rings (SSSR count). The van der Waals surface area contributed by atoms with Crippen molar-refractivity contribution in [1.82, 2.24) is 20.1 Å². The van der Waals surface area contributed by atoms with E-state index in [9.17, 15) is 0 Å². The van der Waals surface area contributed by atoms with E-state index in [-0.39, 0.29) is 0 Å². The van der Waals surface area contributed by atoms with Crippen LogP contribution >= 0.6 is 0 Å². The molecular weight excluding hydrogens is 270 g/mol. The van der Waals surface area contributed by atoms with E-state index in [1.165, 1.54) is 0 Å². The normalized spacial score (nSPS) is 12.7. The minimum Gasteiger partial charge on any atom is -0.380 e. The van der Waals surface area contributed by atoms with Crippen LogP contribution in [0.4, 0.5) is 0 Å². The van der Waals surface area contributed by atoms with Crippen molar-refractivity contribution < 1.29 is 9.26 Å². The molecular formula is C14H15N5O2. The number of nitrogens with zero attached hydrogens (tertiary/aromatic N) is 4. The molecule has 3 aromatic rings. The smallest absolute Gasteiger partial charge is 0.258 e. The van der Waals surface area contributed by atoms with E-state index in [1.807, 2.05) is 25.1 Å². The molecule has 0 saturated carbocycles. The Balaban J connectivity index is 1.87. The van der Waals surface area contributed by atoms with Gasteiger partial charge in [0.1, 0.15) is 0 Å². The van der Waals surface area contributed by atoms with Crippen molar-refractivity contribution in [2.75, 3.05) is 13.2 Å². The third-order valence-corrected chi connectivity index (χ3v) is 2.99. The molecule has 2 aromatic heterocycles. The Morgan fingerprint density at radius 1 is 1.24 bits per heavy atom. The fraction of sp³-hybridized carbons (Fsp3) is 0.286. The summed E-state index contributed by atoms with van der Waals surface area (Å²) in [5.74, 6) is 0.835. The van der Waals surface area contributed by atoms with Gasteiger partial charge in [-0.25, -0.2) is 0 Å². The summed E-state index contributed by atoms with van der Waals surface area (Å²) in [6.45, 7) is 2.87. The second kappa shape index (κ2) is 5.94. The highest BCUT2D eigenvalue weighted by atomic mass is 16.5. The van der Waals surface area contributed by atoms with E-state index in [2.05, 4.69) is 20.1 Å². The van der Waals surface area contributed by atoms with Crippen LogP contribution in [0, 0.1) is 0 Å². The molecule has 7 nitrogen and oxygen atoms in total. The third kappa shape index (κ3) is 2.88. The van der Waals surface area contributed by atoms with Crippen LogP contribution in [0.15, 0.2) is 35.1 Å². The average molecular weight is 285 g/mol. The Labute approximate surface area is 121 Å². The first-order valence-electron chi connectivity index (χ1n) is 6.66. The van der Waals surface area contributed by atoms with Crippen LogP contribution in [0.2, 0.25) is 0 Å². The van der Waals surface area contributed by atoms with Crippen molar-refractivity contribution in [2.24, 2.45) is 5.73 Å². The van der Waals surface area contributed by atoms with Gasteiger partial charge in [-0.2, -0.15) is 4.98 Å². The summed E-state index contributed by atoms with van der Waals surface area (Å²) in [5.41, 5.74) is 8.30. The molecule has 1 aromatic carbocycles. The molecule has 0 aliphatic heterocycles. The molecule has 1 unspecified atom stereocenters. The Bertz CT molecular complexity index is 743. The molecule has 7 heteroatoms. The van der Waals surface area contributed by atoms with Gasteiger partial charge in [-0.05, 0) is 25.1 Å². The summed E-state index contributed by atoms with van der Waals surface area (Å²) >= 11 is 0. The summed E-state index contributed by atoms with van der Waals surface area (Å²) < 4.78 is 10.5. The van der Waals surface area contributed by atoms with Gasteiger partial charge in [0.15, 0.2) is 5.82 Å². The van der Waals surface area contributed by atoms with Crippen molar-refractivity contribution in [1.29, 1.82) is 0 Å². The summed E-state index contributed by atoms with van der Waals surface area (Å²) in [6, 6.07) is 5.18. The summed E-state index contributed by atoms with van der Waals surface area (Å²) in [7, 11) is 0. The standard InChI is InChI=1S/C14H15N5O2/c1-2-20-8-10(15)13-18-14(21-19-13)9-3-4-11-12(7-9)17-6-5-16-11/h3-7,10H,2,8,15H2,1H3. The van der Waals surface area contributed by atoms with Crippen LogP contribution in [0.5, 0.6) is 0 Å². The Morgan fingerprint density at radius 2 is 2.05 bits per heavy atom. The van der Waals surface area contributed by atoms with Crippen LogP contribution in [-0.2, 0) is 4.74 Å². The SMILES string of the molecule is CCOCC(N)c1noc(-c2ccc3nccnc3c2)n1. The molecule has 0 aliphatic rings. The largest absolute Gasteiger partial charge is 0.380 e. The van der Waals surface area contributed by atoms with Gasteiger partial charge in [-0.3, -0.25) is 9.97 Å². The highest BCUT2D eigenvalue weighted by Gasteiger charge is 2.15. The first-order valence-corrected chi connectivity index (χ1v) is 6.66. The summed E-state index contributed by atoms with van der Waals surface area (Å²) in [5, 5.41) is 3.90. The summed E-state index contributed by atoms with van der Waals surface area (Å²) in [4.78, 5) is 12.8. The molecule has 0 amide bonds. The quantitative estimate of drug-likeness (QED) is 0.761. The fourth-order valence-corrected chi connectivity index (χ4v) is 1.92. The van der Waals surface area contributed by atoms with E-state index in [1.54, 1.807) is 12.4 Å². The maximum atomic E-state index is 5.93. The molecule has 2 N–H and O–H groups in total. The maximum Gasteiger partial charge on any atom is 0.258 e. The van der Waals surface area contributed by atoms with E-state index >= 15 is 0 Å². The van der Waals surface area contributed by atoms with E-state index in [0.717, 1.165) is 16.6 Å². The lowest BCUT2D eigenvalue weighted by Crippen LogP contribution is -2.18. The van der Waals surface area contributed by atoms with Gasteiger partial charge in [-0.15, -0.1) is 0 Å². The molecule has 21 heavy (non-hydrogen) atoms. The topological polar surface area (TPSA) is 100.0 Å². The van der Waals surface area contributed by atoms with Crippen molar-refractivity contribution >= 4 is 11.0 Å². The van der Waals surface area contributed by atoms with Crippen molar-refractivity contribution in [2.45, 2.75) is 13.0 Å². The van der Waals surface area contributed by atoms with Crippen LogP contribution in [0.1, 0.15) is 18.8 Å². The third-order valence-electron chi connectivity index (χ3n) is 2.99. The molecule has 0 bridgehead atoms. The number of hydrogen-bond acceptors (Lipinski definition) is 7. The zero-order valence-electron chi connectivity index (χ0n) is 11.6. The number of ether oxygens (including phenoxy) is 1. The van der Waals surface area contributed by atoms with Gasteiger partial charge in [-0.1, -0.05) is 5.16 Å². The Morgan fingerprint density at radius 3 is 2.86 bits per heavy atom. The Kier molecular flexibility index (Phi) is 3.85. The highest BCUT2D eigenvalue weighted by Crippen LogP contribution is 2.22. The minimum atomic E-state index is -0.400. The number of hydrogen-bond donors (Lipinski definition) is 1. The van der Waals surface area contributed by atoms with Crippen molar-refractivity contribution in [3.63, 3.8) is 0 Å². The van der Waals surface area contributed by atoms with Gasteiger partial charge >= 0.3 is 0 Å². The number of aromatic nitrogens is 4. The molecule has 1 atom stereocenters. The average Bonchev–Trinajstić information content (AvgIpc) is 3.02. The second-order valence-electron chi connectivity index (χ2n) is 4.48. The van der Waals surface area contributed by atoms with Crippen LogP contribution in [0.3, 0.4) is 0 Å². The predicted octanol–water partition coefficient (Wildman–Crippen LogP) is 1.72. The predicted molar refractivity (Wildman–Crippen MR) is 76.3 cm³/mol. The molecule has 0 fully saturated rings. The van der Waals surface area contributed by atoms with Gasteiger partial charge < -0.3 is 15.0 Å². The second-order valence-corrected chi connectivity index (χ2v) is 4.48. The lowest BCUT2D eigenvalue weighted by molar-refractivity contribution is 0.130. The molecule has 108 valence electrons. The molecule has 0 aliphatic carbocycles. The van der Waals surface area contributed by atoms with Gasteiger partial charge in [0, 0.05) is 24.6 Å². The zero-order chi connectivity index (χ0) is 14.7. The van der Waals surface area contributed by atoms with Crippen LogP contribution < -0.4 is 5.73 Å². The first kappa shape index (κ1) is 13.6. The lowest BCUT2D eigenvalue weighted by atomic mass is 10.2. The van der Waals surface area contributed by atoms with Crippen molar-refractivity contribution in [3.8, 4) is 11.5 Å². The van der Waals surface area contributed by atoms with E-state index in [4.69, 9.17) is 15.0 Å². The molecule has 0 radical (unpaired) electrons. The number of nitrogens with two attached hydrogens (primary N) is 1. The number of rotatable bonds is 5. The van der Waals surface area contributed by atoms with Gasteiger partial charge in [0.05, 0.1) is 23.7 Å². The van der Waals surface area contributed by atoms with Crippen LogP contribution in [0.25, 0.3) is 22.5 Å². The lowest BCUT2D eigenvalue weighted by Gasteiger charge is -2.05. The molecule has 0 saturated heterocycles. The minimum absolute atomic E-state index is 0.360. The summed E-state index contributed by atoms with van der Waals surface area (Å²) in [6.07, 6.45) is 3.29. The zero-order valence-corrected chi connectivity index (χ0v) is 11.6. The van der Waals surface area contributed by atoms with Crippen molar-refractivity contribution in [3.05, 3.63) is 36.4 Å². The number of benzene rings is 1. The number of fused-ring (bicyclic) bond motifs is 1. The maximum absolute atomic E-state index is 5.93. The van der Waals surface area contributed by atoms with E-state index in [0.29, 0.717) is 24.9 Å². The first-order chi connectivity index (χ1) is 10.3. The van der Waals surface area contributed by atoms with Crippen LogP contribution in [-0.4, -0.2) is 33.3 Å². The Hall–Kier alpha value is -2.38. The molecule has 2 heterocycles. The van der Waals surface area contributed by atoms with E-state index < -0.39 is 6.04 Å². The highest BCUT2D eigenvalue weighted by molar-refractivity contribution is 5.79. The fourth-order valence-electron chi connectivity index (χ4n) is 1.92.